The minimum absolute atomic E-state index is 0.00293. The number of likely N-dealkylation sites (tertiary alicyclic amines) is 2. The number of carbonyl (C=O) groups is 3. The van der Waals surface area contributed by atoms with Crippen LogP contribution in [0.1, 0.15) is 102 Å². The highest BCUT2D eigenvalue weighted by atomic mass is 19.1. The Labute approximate surface area is 448 Å². The zero-order valence-electron chi connectivity index (χ0n) is 44.3. The Balaban J connectivity index is 0.702. The fourth-order valence-electron chi connectivity index (χ4n) is 11.6. The fourth-order valence-corrected chi connectivity index (χ4v) is 11.6. The number of fused-ring (bicyclic) bond motifs is 4. The number of rotatable bonds is 17. The Bertz CT molecular complexity index is 3150. The maximum absolute atomic E-state index is 17.1. The molecule has 2 aromatic heterocycles. The van der Waals surface area contributed by atoms with Crippen LogP contribution >= 0.6 is 0 Å². The molecule has 3 amide bonds. The Morgan fingerprint density at radius 2 is 1.74 bits per heavy atom. The van der Waals surface area contributed by atoms with E-state index in [1.807, 2.05) is 58.2 Å². The largest absolute Gasteiger partial charge is 0.508 e. The molecule has 3 unspecified atom stereocenters. The van der Waals surface area contributed by atoms with Crippen molar-refractivity contribution in [3.05, 3.63) is 88.7 Å². The number of aromatic hydroxyl groups is 1. The number of hydrogen-bond acceptors (Lipinski definition) is 13. The summed E-state index contributed by atoms with van der Waals surface area (Å²) in [6.45, 7) is 12.8. The molecule has 77 heavy (non-hydrogen) atoms. The number of nitrogens with one attached hydrogen (secondary N) is 3. The smallest absolute Gasteiger partial charge is 0.319 e. The maximum atomic E-state index is 17.1. The maximum Gasteiger partial charge on any atom is 0.319 e. The number of phenols is 1. The molecule has 4 fully saturated rings. The number of amides is 3. The normalized spacial score (nSPS) is 20.3. The third kappa shape index (κ3) is 11.8. The first-order valence-corrected chi connectivity index (χ1v) is 27.1. The van der Waals surface area contributed by atoms with Gasteiger partial charge in [-0.3, -0.25) is 24.4 Å². The predicted octanol–water partition coefficient (Wildman–Crippen LogP) is 7.43. The van der Waals surface area contributed by atoms with E-state index in [-0.39, 0.29) is 88.4 Å². The van der Waals surface area contributed by atoms with Crippen LogP contribution in [-0.2, 0) is 25.7 Å². The first kappa shape index (κ1) is 53.3. The molecule has 0 aliphatic carbocycles. The summed E-state index contributed by atoms with van der Waals surface area (Å²) in [5.41, 5.74) is 3.65. The minimum Gasteiger partial charge on any atom is -0.508 e. The van der Waals surface area contributed by atoms with Gasteiger partial charge in [0.05, 0.1) is 17.6 Å². The summed E-state index contributed by atoms with van der Waals surface area (Å²) < 4.78 is 44.5. The van der Waals surface area contributed by atoms with E-state index in [9.17, 15) is 19.5 Å². The molecule has 18 heteroatoms. The van der Waals surface area contributed by atoms with E-state index in [2.05, 4.69) is 46.6 Å². The number of pyridine rings is 1. The second kappa shape index (κ2) is 22.9. The Morgan fingerprint density at radius 3 is 2.45 bits per heavy atom. The molecule has 10 rings (SSSR count). The van der Waals surface area contributed by atoms with Crippen LogP contribution in [0.5, 0.6) is 11.8 Å². The van der Waals surface area contributed by atoms with Gasteiger partial charge in [0.15, 0.2) is 5.82 Å². The van der Waals surface area contributed by atoms with Gasteiger partial charge >= 0.3 is 6.01 Å². The number of anilines is 1. The summed E-state index contributed by atoms with van der Waals surface area (Å²) in [7, 11) is 0. The molecular weight excluding hydrogens is 983 g/mol. The van der Waals surface area contributed by atoms with E-state index in [1.54, 1.807) is 4.90 Å². The quantitative estimate of drug-likeness (QED) is 0.0534. The molecule has 2 bridgehead atoms. The minimum atomic E-state index is -0.822. The van der Waals surface area contributed by atoms with Crippen molar-refractivity contribution >= 4 is 57.0 Å². The van der Waals surface area contributed by atoms with Crippen LogP contribution in [0.15, 0.2) is 65.4 Å². The second-order valence-electron chi connectivity index (χ2n) is 22.1. The molecule has 4 N–H and O–H groups in total. The van der Waals surface area contributed by atoms with Crippen LogP contribution in [-0.4, -0.2) is 137 Å². The average Bonchev–Trinajstić information content (AvgIpc) is 4.19. The number of piperidine rings is 1. The van der Waals surface area contributed by atoms with Crippen molar-refractivity contribution in [1.29, 1.82) is 0 Å². The van der Waals surface area contributed by atoms with Crippen LogP contribution in [0.4, 0.5) is 14.6 Å². The number of piperazine rings is 1. The number of aliphatic imine (C=N–C) groups is 1. The highest BCUT2D eigenvalue weighted by molar-refractivity contribution is 6.03. The number of aromatic nitrogens is 3. The van der Waals surface area contributed by atoms with Crippen molar-refractivity contribution in [3.63, 3.8) is 0 Å². The second-order valence-corrected chi connectivity index (χ2v) is 22.1. The number of halogens is 2. The van der Waals surface area contributed by atoms with Gasteiger partial charge in [-0.2, -0.15) is 9.97 Å². The third-order valence-corrected chi connectivity index (χ3v) is 15.7. The van der Waals surface area contributed by atoms with Crippen LogP contribution in [0.2, 0.25) is 0 Å². The van der Waals surface area contributed by atoms with Gasteiger partial charge < -0.3 is 45.2 Å². The summed E-state index contributed by atoms with van der Waals surface area (Å²) >= 11 is 0. The van der Waals surface area contributed by atoms with Crippen molar-refractivity contribution < 1.29 is 37.7 Å². The van der Waals surface area contributed by atoms with Crippen LogP contribution in [0.3, 0.4) is 0 Å². The highest BCUT2D eigenvalue weighted by Gasteiger charge is 2.42. The number of allylic oxidation sites excluding steroid dienone is 2. The highest BCUT2D eigenvalue weighted by Crippen LogP contribution is 2.40. The first-order valence-electron chi connectivity index (χ1n) is 27.1. The predicted molar refractivity (Wildman–Crippen MR) is 292 cm³/mol. The lowest BCUT2D eigenvalue weighted by Crippen LogP contribution is -2.57. The van der Waals surface area contributed by atoms with E-state index >= 15 is 8.78 Å². The van der Waals surface area contributed by atoms with Crippen molar-refractivity contribution in [2.24, 2.45) is 10.4 Å². The van der Waals surface area contributed by atoms with Gasteiger partial charge in [-0.1, -0.05) is 57.0 Å². The standard InChI is InChI=1S/C59H68F2N10O6/c1-6-43-47(60)17-14-38-29-41(72)30-45(50(38)43)52-51(61)53-46(32-63-52)55(70-33-39-15-16-40(34-70)65-39)68-58(67-53)77-42-19-25-69(26-20-42)23-8-27-76-28-21-49(73)66-54(59(3,4)5)57(75)71-24-7-9-48(71)56(74)64-31-36-10-12-37(13-11-36)44-18-22-62-35(44)2/h1,10-14,17,22,29-30,32,39-40,42,48,54,65,72H,7-9,15-16,18-21,23-28,31,33-34H2,2-5H3,(H,64,74)(H,66,73)/t39?,40?,48-,54?/m0/s1. The molecule has 7 heterocycles. The van der Waals surface area contributed by atoms with Crippen LogP contribution in [0, 0.1) is 29.4 Å². The SMILES string of the molecule is C#Cc1c(F)ccc2cc(O)cc(-c3ncc4c(N5CC6CCC(C5)N6)nc(OC5CCN(CCCOCCC(=O)NC(C(=O)N6CCC[C@H]6C(=O)NCc6ccc(C7=C(C)N=CC7)cc6)C(C)(C)C)CC5)nc4c3F)c12. The van der Waals surface area contributed by atoms with E-state index in [1.165, 1.54) is 36.0 Å². The molecule has 4 atom stereocenters. The zero-order valence-corrected chi connectivity index (χ0v) is 44.3. The Kier molecular flexibility index (Phi) is 15.8. The number of carbonyl (C=O) groups excluding carboxylic acids is 3. The fraction of sp³-hybridized carbons (Fsp3) is 0.475. The van der Waals surface area contributed by atoms with Crippen molar-refractivity contribution in [2.75, 3.05) is 57.4 Å². The lowest BCUT2D eigenvalue weighted by Gasteiger charge is -2.35. The molecule has 0 saturated carbocycles. The molecule has 4 saturated heterocycles. The van der Waals surface area contributed by atoms with Crippen molar-refractivity contribution in [1.82, 2.24) is 40.7 Å². The summed E-state index contributed by atoms with van der Waals surface area (Å²) in [6, 6.07) is 12.8. The van der Waals surface area contributed by atoms with Crippen molar-refractivity contribution in [3.8, 4) is 35.4 Å². The van der Waals surface area contributed by atoms with E-state index in [0.29, 0.717) is 75.1 Å². The summed E-state index contributed by atoms with van der Waals surface area (Å²) in [4.78, 5) is 65.5. The third-order valence-electron chi connectivity index (χ3n) is 15.7. The molecule has 3 aromatic carbocycles. The molecule has 5 aromatic rings. The summed E-state index contributed by atoms with van der Waals surface area (Å²) in [5.74, 6) is 0.613. The number of hydrogen-bond donors (Lipinski definition) is 4. The van der Waals surface area contributed by atoms with E-state index in [4.69, 9.17) is 20.9 Å². The summed E-state index contributed by atoms with van der Waals surface area (Å²) in [5, 5.41) is 21.4. The molecule has 0 radical (unpaired) electrons. The number of benzene rings is 3. The Morgan fingerprint density at radius 1 is 0.974 bits per heavy atom. The number of phenolic OH excluding ortho intramolecular Hbond substituents is 1. The van der Waals surface area contributed by atoms with Gasteiger partial charge in [-0.15, -0.1) is 6.42 Å². The van der Waals surface area contributed by atoms with E-state index in [0.717, 1.165) is 62.1 Å². The van der Waals surface area contributed by atoms with Gasteiger partial charge in [-0.25, -0.2) is 8.78 Å². The average molecular weight is 1050 g/mol. The van der Waals surface area contributed by atoms with Gasteiger partial charge in [-0.05, 0) is 97.6 Å². The number of ether oxygens (including phenoxy) is 2. The zero-order chi connectivity index (χ0) is 54.0. The Hall–Kier alpha value is -7.07. The van der Waals surface area contributed by atoms with Gasteiger partial charge in [0.25, 0.3) is 0 Å². The molecular formula is C59H68F2N10O6. The lowest BCUT2D eigenvalue weighted by molar-refractivity contribution is -0.144. The van der Waals surface area contributed by atoms with Crippen LogP contribution in [0.25, 0.3) is 38.5 Å². The molecule has 404 valence electrons. The summed E-state index contributed by atoms with van der Waals surface area (Å²) in [6.07, 6.45) is 15.3. The number of nitrogens with zero attached hydrogens (tertiary/aromatic N) is 7. The molecule has 5 aliphatic rings. The topological polar surface area (TPSA) is 187 Å². The van der Waals surface area contributed by atoms with Crippen LogP contribution < -0.4 is 25.6 Å². The molecule has 0 spiro atoms. The van der Waals surface area contributed by atoms with Gasteiger partial charge in [0, 0.05) is 106 Å². The monoisotopic (exact) mass is 1050 g/mol. The van der Waals surface area contributed by atoms with Gasteiger partial charge in [0.2, 0.25) is 17.7 Å². The molecule has 5 aliphatic heterocycles. The lowest BCUT2D eigenvalue weighted by atomic mass is 9.85. The van der Waals surface area contributed by atoms with E-state index < -0.39 is 29.1 Å². The first-order chi connectivity index (χ1) is 37.1. The van der Waals surface area contributed by atoms with Gasteiger partial charge in [0.1, 0.15) is 46.8 Å². The molecule has 16 nitrogen and oxygen atoms in total. The number of terminal acetylenes is 1. The van der Waals surface area contributed by atoms with Crippen molar-refractivity contribution in [2.45, 2.75) is 122 Å².